The summed E-state index contributed by atoms with van der Waals surface area (Å²) < 4.78 is 29.1. The van der Waals surface area contributed by atoms with Crippen LogP contribution in [0.3, 0.4) is 0 Å². The molecule has 126 valence electrons. The van der Waals surface area contributed by atoms with Crippen LogP contribution < -0.4 is 10.1 Å². The standard InChI is InChI=1S/C15H18F2N2O3S/c16-15(17)22-11-5-7-23-12(11)14(21)19-6-1-2-9(8-19)13(20)18-10-3-4-10/h5,7,9-10,15H,1-4,6,8H2,(H,18,20). The minimum atomic E-state index is -2.96. The van der Waals surface area contributed by atoms with E-state index in [-0.39, 0.29) is 34.4 Å². The van der Waals surface area contributed by atoms with Gasteiger partial charge < -0.3 is 15.0 Å². The summed E-state index contributed by atoms with van der Waals surface area (Å²) in [5, 5.41) is 4.50. The quantitative estimate of drug-likeness (QED) is 0.893. The maximum absolute atomic E-state index is 12.5. The zero-order chi connectivity index (χ0) is 16.4. The summed E-state index contributed by atoms with van der Waals surface area (Å²) in [6, 6.07) is 1.66. The molecule has 3 rings (SSSR count). The number of piperidine rings is 1. The maximum atomic E-state index is 12.5. The Balaban J connectivity index is 1.64. The maximum Gasteiger partial charge on any atom is 0.387 e. The molecule has 2 amide bonds. The number of likely N-dealkylation sites (tertiary alicyclic amines) is 1. The van der Waals surface area contributed by atoms with Crippen LogP contribution in [0, 0.1) is 5.92 Å². The van der Waals surface area contributed by atoms with Gasteiger partial charge in [-0.25, -0.2) is 0 Å². The van der Waals surface area contributed by atoms with E-state index in [0.717, 1.165) is 37.0 Å². The first-order valence-corrected chi connectivity index (χ1v) is 8.54. The number of nitrogens with zero attached hydrogens (tertiary/aromatic N) is 1. The Labute approximate surface area is 136 Å². The van der Waals surface area contributed by atoms with Gasteiger partial charge in [0.2, 0.25) is 5.91 Å². The van der Waals surface area contributed by atoms with Gasteiger partial charge in [0.1, 0.15) is 10.6 Å². The molecule has 1 aromatic rings. The van der Waals surface area contributed by atoms with Gasteiger partial charge >= 0.3 is 6.61 Å². The van der Waals surface area contributed by atoms with Crippen LogP contribution in [0.2, 0.25) is 0 Å². The van der Waals surface area contributed by atoms with Gasteiger partial charge in [-0.3, -0.25) is 9.59 Å². The predicted octanol–water partition coefficient (Wildman–Crippen LogP) is 2.48. The van der Waals surface area contributed by atoms with Crippen LogP contribution in [-0.4, -0.2) is 42.5 Å². The first kappa shape index (κ1) is 16.2. The van der Waals surface area contributed by atoms with Crippen LogP contribution in [0.15, 0.2) is 11.4 Å². The third-order valence-corrected chi connectivity index (χ3v) is 4.93. The molecule has 1 aromatic heterocycles. The molecule has 1 N–H and O–H groups in total. The fourth-order valence-electron chi connectivity index (χ4n) is 2.71. The van der Waals surface area contributed by atoms with Gasteiger partial charge in [-0.05, 0) is 37.1 Å². The van der Waals surface area contributed by atoms with Crippen LogP contribution in [0.25, 0.3) is 0 Å². The molecule has 0 bridgehead atoms. The monoisotopic (exact) mass is 344 g/mol. The van der Waals surface area contributed by atoms with Crippen LogP contribution >= 0.6 is 11.3 Å². The summed E-state index contributed by atoms with van der Waals surface area (Å²) >= 11 is 1.07. The Bertz CT molecular complexity index is 589. The van der Waals surface area contributed by atoms with E-state index in [1.54, 1.807) is 10.3 Å². The highest BCUT2D eigenvalue weighted by atomic mass is 32.1. The van der Waals surface area contributed by atoms with Crippen LogP contribution in [-0.2, 0) is 4.79 Å². The molecular formula is C15H18F2N2O3S. The third kappa shape index (κ3) is 3.99. The lowest BCUT2D eigenvalue weighted by atomic mass is 9.97. The number of rotatable bonds is 5. The highest BCUT2D eigenvalue weighted by molar-refractivity contribution is 7.12. The van der Waals surface area contributed by atoms with Crippen molar-refractivity contribution in [3.8, 4) is 5.75 Å². The zero-order valence-electron chi connectivity index (χ0n) is 12.5. The number of hydrogen-bond donors (Lipinski definition) is 1. The number of carbonyl (C=O) groups excluding carboxylic acids is 2. The smallest absolute Gasteiger partial charge is 0.387 e. The molecule has 1 saturated heterocycles. The number of carbonyl (C=O) groups is 2. The SMILES string of the molecule is O=C(NC1CC1)C1CCCN(C(=O)c2sccc2OC(F)F)C1. The molecule has 1 aliphatic carbocycles. The highest BCUT2D eigenvalue weighted by Gasteiger charge is 2.33. The number of nitrogens with one attached hydrogen (secondary N) is 1. The van der Waals surface area contributed by atoms with Crippen LogP contribution in [0.4, 0.5) is 8.78 Å². The number of amides is 2. The van der Waals surface area contributed by atoms with Gasteiger partial charge in [0, 0.05) is 19.1 Å². The Hall–Kier alpha value is -1.70. The van der Waals surface area contributed by atoms with E-state index >= 15 is 0 Å². The van der Waals surface area contributed by atoms with E-state index in [9.17, 15) is 18.4 Å². The highest BCUT2D eigenvalue weighted by Crippen LogP contribution is 2.30. The molecule has 0 radical (unpaired) electrons. The fourth-order valence-corrected chi connectivity index (χ4v) is 3.50. The summed E-state index contributed by atoms with van der Waals surface area (Å²) in [5.74, 6) is -0.688. The van der Waals surface area contributed by atoms with E-state index < -0.39 is 6.61 Å². The second-order valence-electron chi connectivity index (χ2n) is 5.87. The molecule has 5 nitrogen and oxygen atoms in total. The van der Waals surface area contributed by atoms with Crippen LogP contribution in [0.1, 0.15) is 35.4 Å². The van der Waals surface area contributed by atoms with Crippen molar-refractivity contribution in [2.75, 3.05) is 13.1 Å². The molecule has 2 heterocycles. The van der Waals surface area contributed by atoms with Crippen molar-refractivity contribution in [2.45, 2.75) is 38.3 Å². The predicted molar refractivity (Wildman–Crippen MR) is 80.7 cm³/mol. The molecule has 2 fully saturated rings. The summed E-state index contributed by atoms with van der Waals surface area (Å²) in [5.41, 5.74) is 0. The van der Waals surface area contributed by atoms with Gasteiger partial charge in [0.15, 0.2) is 0 Å². The Morgan fingerprint density at radius 3 is 2.83 bits per heavy atom. The van der Waals surface area contributed by atoms with Gasteiger partial charge in [-0.2, -0.15) is 8.78 Å². The van der Waals surface area contributed by atoms with E-state index in [2.05, 4.69) is 10.1 Å². The molecule has 23 heavy (non-hydrogen) atoms. The van der Waals surface area contributed by atoms with Crippen molar-refractivity contribution in [3.63, 3.8) is 0 Å². The van der Waals surface area contributed by atoms with Gasteiger partial charge in [-0.1, -0.05) is 0 Å². The average molecular weight is 344 g/mol. The molecule has 1 unspecified atom stereocenters. The van der Waals surface area contributed by atoms with E-state index in [1.807, 2.05) is 0 Å². The lowest BCUT2D eigenvalue weighted by Crippen LogP contribution is -2.45. The summed E-state index contributed by atoms with van der Waals surface area (Å²) in [6.45, 7) is -2.11. The molecule has 0 aromatic carbocycles. The molecule has 1 atom stereocenters. The van der Waals surface area contributed by atoms with E-state index in [0.29, 0.717) is 13.1 Å². The van der Waals surface area contributed by atoms with Crippen molar-refractivity contribution in [3.05, 3.63) is 16.3 Å². The molecule has 1 aliphatic heterocycles. The Kier molecular flexibility index (Phi) is 4.79. The van der Waals surface area contributed by atoms with Crippen molar-refractivity contribution in [2.24, 2.45) is 5.92 Å². The van der Waals surface area contributed by atoms with Crippen LogP contribution in [0.5, 0.6) is 5.75 Å². The zero-order valence-corrected chi connectivity index (χ0v) is 13.3. The van der Waals surface area contributed by atoms with Gasteiger partial charge in [0.05, 0.1) is 5.92 Å². The lowest BCUT2D eigenvalue weighted by Gasteiger charge is -2.32. The Morgan fingerprint density at radius 1 is 1.35 bits per heavy atom. The molecule has 0 spiro atoms. The topological polar surface area (TPSA) is 58.6 Å². The van der Waals surface area contributed by atoms with Gasteiger partial charge in [-0.15, -0.1) is 11.3 Å². The van der Waals surface area contributed by atoms with E-state index in [4.69, 9.17) is 0 Å². The van der Waals surface area contributed by atoms with Crippen molar-refractivity contribution in [1.82, 2.24) is 10.2 Å². The average Bonchev–Trinajstić information content (AvgIpc) is 3.23. The van der Waals surface area contributed by atoms with Crippen molar-refractivity contribution in [1.29, 1.82) is 0 Å². The number of hydrogen-bond acceptors (Lipinski definition) is 4. The largest absolute Gasteiger partial charge is 0.433 e. The summed E-state index contributed by atoms with van der Waals surface area (Å²) in [6.07, 6.45) is 3.51. The normalized spacial score (nSPS) is 21.3. The molecular weight excluding hydrogens is 326 g/mol. The third-order valence-electron chi connectivity index (χ3n) is 4.04. The number of ether oxygens (including phenoxy) is 1. The van der Waals surface area contributed by atoms with E-state index in [1.165, 1.54) is 6.07 Å². The summed E-state index contributed by atoms with van der Waals surface area (Å²) in [4.78, 5) is 26.4. The summed E-state index contributed by atoms with van der Waals surface area (Å²) in [7, 11) is 0. The lowest BCUT2D eigenvalue weighted by molar-refractivity contribution is -0.126. The molecule has 1 saturated carbocycles. The minimum Gasteiger partial charge on any atom is -0.433 e. The number of halogens is 2. The molecule has 2 aliphatic rings. The number of thiophene rings is 1. The fraction of sp³-hybridized carbons (Fsp3) is 0.600. The first-order chi connectivity index (χ1) is 11.0. The number of alkyl halides is 2. The second-order valence-corrected chi connectivity index (χ2v) is 6.78. The first-order valence-electron chi connectivity index (χ1n) is 7.66. The Morgan fingerprint density at radius 2 is 2.13 bits per heavy atom. The van der Waals surface area contributed by atoms with Gasteiger partial charge in [0.25, 0.3) is 5.91 Å². The van der Waals surface area contributed by atoms with Crippen molar-refractivity contribution >= 4 is 23.2 Å². The minimum absolute atomic E-state index is 0.0137. The second kappa shape index (κ2) is 6.82. The molecule has 8 heteroatoms. The van der Waals surface area contributed by atoms with Crippen molar-refractivity contribution < 1.29 is 23.1 Å².